The summed E-state index contributed by atoms with van der Waals surface area (Å²) in [6.07, 6.45) is 9.23. The van der Waals surface area contributed by atoms with Gasteiger partial charge >= 0.3 is 0 Å². The maximum absolute atomic E-state index is 5.48. The van der Waals surface area contributed by atoms with Crippen LogP contribution < -0.4 is 16.6 Å². The van der Waals surface area contributed by atoms with Crippen molar-refractivity contribution in [1.29, 1.82) is 0 Å². The highest BCUT2D eigenvalue weighted by molar-refractivity contribution is 5.65. The molecular formula is C14H22N6. The van der Waals surface area contributed by atoms with Gasteiger partial charge in [0, 0.05) is 18.4 Å². The van der Waals surface area contributed by atoms with Crippen LogP contribution in [0.4, 0.5) is 11.6 Å². The van der Waals surface area contributed by atoms with Gasteiger partial charge in [-0.1, -0.05) is 20.3 Å². The van der Waals surface area contributed by atoms with E-state index in [2.05, 4.69) is 34.6 Å². The van der Waals surface area contributed by atoms with E-state index in [0.717, 1.165) is 17.4 Å². The van der Waals surface area contributed by atoms with Crippen molar-refractivity contribution in [1.82, 2.24) is 14.4 Å². The van der Waals surface area contributed by atoms with Gasteiger partial charge in [-0.05, 0) is 24.7 Å². The lowest BCUT2D eigenvalue weighted by Crippen LogP contribution is -2.26. The molecule has 108 valence electrons. The van der Waals surface area contributed by atoms with Gasteiger partial charge in [-0.2, -0.15) is 0 Å². The summed E-state index contributed by atoms with van der Waals surface area (Å²) in [7, 11) is 0. The summed E-state index contributed by atoms with van der Waals surface area (Å²) in [6, 6.07) is 0.459. The highest BCUT2D eigenvalue weighted by Gasteiger charge is 2.32. The molecule has 20 heavy (non-hydrogen) atoms. The largest absolute Gasteiger partial charge is 0.364 e. The topological polar surface area (TPSA) is 80.3 Å². The van der Waals surface area contributed by atoms with Crippen molar-refractivity contribution in [3.05, 3.63) is 18.6 Å². The normalized spacial score (nSPS) is 26.1. The molecule has 0 radical (unpaired) electrons. The van der Waals surface area contributed by atoms with Crippen LogP contribution in [0.15, 0.2) is 18.6 Å². The molecule has 1 fully saturated rings. The SMILES string of the molecule is CCC1CCC(Nc2nc(NN)cn3ccnc23)C1C. The zero-order valence-electron chi connectivity index (χ0n) is 12.0. The lowest BCUT2D eigenvalue weighted by atomic mass is 9.93. The van der Waals surface area contributed by atoms with Crippen molar-refractivity contribution in [2.75, 3.05) is 10.7 Å². The fourth-order valence-corrected chi connectivity index (χ4v) is 3.30. The van der Waals surface area contributed by atoms with Crippen LogP contribution in [-0.4, -0.2) is 20.4 Å². The molecule has 0 amide bonds. The van der Waals surface area contributed by atoms with Crippen molar-refractivity contribution < 1.29 is 0 Å². The number of fused-ring (bicyclic) bond motifs is 1. The van der Waals surface area contributed by atoms with Crippen LogP contribution in [0.3, 0.4) is 0 Å². The average molecular weight is 274 g/mol. The molecule has 0 aromatic carbocycles. The summed E-state index contributed by atoms with van der Waals surface area (Å²) in [5.41, 5.74) is 3.45. The lowest BCUT2D eigenvalue weighted by molar-refractivity contribution is 0.391. The van der Waals surface area contributed by atoms with E-state index in [4.69, 9.17) is 5.84 Å². The Hall–Kier alpha value is -1.82. The maximum atomic E-state index is 5.48. The number of imidazole rings is 1. The number of rotatable bonds is 4. The van der Waals surface area contributed by atoms with Crippen LogP contribution >= 0.6 is 0 Å². The molecule has 1 aliphatic carbocycles. The molecule has 0 bridgehead atoms. The molecule has 4 N–H and O–H groups in total. The quantitative estimate of drug-likeness (QED) is 0.588. The number of aromatic nitrogens is 3. The first-order chi connectivity index (χ1) is 9.72. The predicted molar refractivity (Wildman–Crippen MR) is 80.4 cm³/mol. The van der Waals surface area contributed by atoms with E-state index in [-0.39, 0.29) is 0 Å². The number of anilines is 2. The molecule has 2 aromatic heterocycles. The van der Waals surface area contributed by atoms with E-state index in [1.165, 1.54) is 19.3 Å². The van der Waals surface area contributed by atoms with Crippen LogP contribution in [0, 0.1) is 11.8 Å². The number of nitrogens with one attached hydrogen (secondary N) is 2. The van der Waals surface area contributed by atoms with Crippen LogP contribution in [0.2, 0.25) is 0 Å². The minimum Gasteiger partial charge on any atom is -0.364 e. The zero-order chi connectivity index (χ0) is 14.1. The van der Waals surface area contributed by atoms with E-state index >= 15 is 0 Å². The van der Waals surface area contributed by atoms with Crippen molar-refractivity contribution in [2.45, 2.75) is 39.2 Å². The number of nitrogens with zero attached hydrogens (tertiary/aromatic N) is 3. The Morgan fingerprint density at radius 2 is 2.30 bits per heavy atom. The Balaban J connectivity index is 1.89. The molecule has 3 rings (SSSR count). The molecule has 3 unspecified atom stereocenters. The number of hydrogen-bond acceptors (Lipinski definition) is 5. The van der Waals surface area contributed by atoms with Crippen LogP contribution in [0.1, 0.15) is 33.1 Å². The third-order valence-corrected chi connectivity index (χ3v) is 4.60. The van der Waals surface area contributed by atoms with Gasteiger partial charge in [-0.3, -0.25) is 0 Å². The first kappa shape index (κ1) is 13.2. The molecule has 0 aliphatic heterocycles. The van der Waals surface area contributed by atoms with Crippen LogP contribution in [-0.2, 0) is 0 Å². The van der Waals surface area contributed by atoms with Crippen LogP contribution in [0.25, 0.3) is 5.65 Å². The number of hydrogen-bond donors (Lipinski definition) is 3. The fourth-order valence-electron chi connectivity index (χ4n) is 3.30. The van der Waals surface area contributed by atoms with Crippen molar-refractivity contribution in [2.24, 2.45) is 17.7 Å². The second-order valence-corrected chi connectivity index (χ2v) is 5.63. The average Bonchev–Trinajstić information content (AvgIpc) is 3.06. The second-order valence-electron chi connectivity index (χ2n) is 5.63. The van der Waals surface area contributed by atoms with E-state index in [1.807, 2.05) is 16.8 Å². The first-order valence-corrected chi connectivity index (χ1v) is 7.29. The number of hydrazine groups is 1. The molecule has 2 heterocycles. The molecule has 1 saturated carbocycles. The Bertz CT molecular complexity index is 592. The smallest absolute Gasteiger partial charge is 0.180 e. The van der Waals surface area contributed by atoms with Crippen LogP contribution in [0.5, 0.6) is 0 Å². The van der Waals surface area contributed by atoms with Gasteiger partial charge in [-0.25, -0.2) is 15.8 Å². The molecule has 6 nitrogen and oxygen atoms in total. The highest BCUT2D eigenvalue weighted by atomic mass is 15.3. The van der Waals surface area contributed by atoms with Gasteiger partial charge in [0.1, 0.15) is 0 Å². The fraction of sp³-hybridized carbons (Fsp3) is 0.571. The summed E-state index contributed by atoms with van der Waals surface area (Å²) in [6.45, 7) is 4.60. The second kappa shape index (κ2) is 5.28. The Labute approximate surface area is 118 Å². The molecule has 0 spiro atoms. The standard InChI is InChI=1S/C14H22N6/c1-3-10-4-5-11(9(10)2)17-13-14-16-6-7-20(14)8-12(18-13)19-15/h6-11,19H,3-5,15H2,1-2H3,(H,17,18). The van der Waals surface area contributed by atoms with Gasteiger partial charge in [0.2, 0.25) is 0 Å². The summed E-state index contributed by atoms with van der Waals surface area (Å²) in [4.78, 5) is 8.88. The molecule has 0 saturated heterocycles. The van der Waals surface area contributed by atoms with Crippen molar-refractivity contribution in [3.8, 4) is 0 Å². The van der Waals surface area contributed by atoms with E-state index in [9.17, 15) is 0 Å². The first-order valence-electron chi connectivity index (χ1n) is 7.29. The van der Waals surface area contributed by atoms with E-state index in [0.29, 0.717) is 17.8 Å². The molecule has 2 aromatic rings. The molecule has 1 aliphatic rings. The predicted octanol–water partition coefficient (Wildman–Crippen LogP) is 2.25. The summed E-state index contributed by atoms with van der Waals surface area (Å²) >= 11 is 0. The summed E-state index contributed by atoms with van der Waals surface area (Å²) < 4.78 is 1.93. The van der Waals surface area contributed by atoms with Crippen molar-refractivity contribution >= 4 is 17.3 Å². The monoisotopic (exact) mass is 274 g/mol. The van der Waals surface area contributed by atoms with Gasteiger partial charge in [0.25, 0.3) is 0 Å². The molecule has 6 heteroatoms. The van der Waals surface area contributed by atoms with Gasteiger partial charge in [-0.15, -0.1) is 0 Å². The van der Waals surface area contributed by atoms with Gasteiger partial charge in [0.15, 0.2) is 17.3 Å². The third kappa shape index (κ3) is 2.20. The number of nitrogen functional groups attached to an aromatic ring is 1. The third-order valence-electron chi connectivity index (χ3n) is 4.60. The summed E-state index contributed by atoms with van der Waals surface area (Å²) in [5, 5.41) is 3.57. The maximum Gasteiger partial charge on any atom is 0.180 e. The minimum absolute atomic E-state index is 0.459. The Kier molecular flexibility index (Phi) is 3.48. The lowest BCUT2D eigenvalue weighted by Gasteiger charge is -2.22. The minimum atomic E-state index is 0.459. The molecule has 3 atom stereocenters. The Morgan fingerprint density at radius 3 is 3.00 bits per heavy atom. The number of nitrogens with two attached hydrogens (primary N) is 1. The Morgan fingerprint density at radius 1 is 1.45 bits per heavy atom. The van der Waals surface area contributed by atoms with E-state index < -0.39 is 0 Å². The highest BCUT2D eigenvalue weighted by Crippen LogP contribution is 2.35. The van der Waals surface area contributed by atoms with Gasteiger partial charge < -0.3 is 15.1 Å². The molecular weight excluding hydrogens is 252 g/mol. The van der Waals surface area contributed by atoms with Crippen molar-refractivity contribution in [3.63, 3.8) is 0 Å². The van der Waals surface area contributed by atoms with Gasteiger partial charge in [0.05, 0.1) is 6.20 Å². The van der Waals surface area contributed by atoms with E-state index in [1.54, 1.807) is 6.20 Å². The summed E-state index contributed by atoms with van der Waals surface area (Å²) in [5.74, 6) is 8.39. The zero-order valence-corrected chi connectivity index (χ0v) is 12.0.